The third-order valence-electron chi connectivity index (χ3n) is 8.48. The van der Waals surface area contributed by atoms with Gasteiger partial charge >= 0.3 is 21.7 Å². The fraction of sp³-hybridized carbons (Fsp3) is 0.885. The Balaban J connectivity index is 0.00000210. The van der Waals surface area contributed by atoms with Crippen molar-refractivity contribution in [3.63, 3.8) is 0 Å². The molecule has 0 aromatic heterocycles. The van der Waals surface area contributed by atoms with E-state index in [9.17, 15) is 0 Å². The van der Waals surface area contributed by atoms with Crippen molar-refractivity contribution in [1.82, 2.24) is 4.90 Å². The summed E-state index contributed by atoms with van der Waals surface area (Å²) < 4.78 is 0. The second-order valence-electron chi connectivity index (χ2n) is 11.5. The molecular formula is C26H52N2SiTi. The van der Waals surface area contributed by atoms with Crippen LogP contribution < -0.4 is 0 Å². The van der Waals surface area contributed by atoms with Crippen LogP contribution in [0.5, 0.6) is 0 Å². The molecule has 0 spiro atoms. The quantitative estimate of drug-likeness (QED) is 0.305. The number of fused-ring (bicyclic) bond motifs is 5. The molecule has 4 heteroatoms. The monoisotopic (exact) mass is 468 g/mol. The smallest absolute Gasteiger partial charge is 0.660 e. The van der Waals surface area contributed by atoms with E-state index in [-0.39, 0.29) is 49.5 Å². The van der Waals surface area contributed by atoms with Crippen molar-refractivity contribution in [2.24, 2.45) is 23.7 Å². The van der Waals surface area contributed by atoms with Crippen molar-refractivity contribution >= 4 is 8.24 Å². The van der Waals surface area contributed by atoms with Crippen molar-refractivity contribution in [2.45, 2.75) is 115 Å². The van der Waals surface area contributed by atoms with Crippen LogP contribution in [0.25, 0.3) is 4.98 Å². The Bertz CT molecular complexity index is 518. The molecule has 1 saturated heterocycles. The van der Waals surface area contributed by atoms with E-state index in [4.69, 9.17) is 4.98 Å². The van der Waals surface area contributed by atoms with Crippen LogP contribution in [-0.4, -0.2) is 37.3 Å². The molecule has 30 heavy (non-hydrogen) atoms. The Morgan fingerprint density at radius 3 is 1.87 bits per heavy atom. The number of hydrogen-bond acceptors (Lipinski definition) is 1. The largest absolute Gasteiger partial charge is 4.00 e. The molecule has 174 valence electrons. The number of rotatable bonds is 3. The summed E-state index contributed by atoms with van der Waals surface area (Å²) in [4.78, 5) is 8.61. The Labute approximate surface area is 207 Å². The van der Waals surface area contributed by atoms with Gasteiger partial charge in [0.1, 0.15) is 0 Å². The van der Waals surface area contributed by atoms with Gasteiger partial charge in [-0.3, -0.25) is 4.90 Å². The van der Waals surface area contributed by atoms with Crippen molar-refractivity contribution in [2.75, 3.05) is 6.54 Å². The minimum atomic E-state index is -1.64. The Kier molecular flexibility index (Phi) is 11.6. The van der Waals surface area contributed by atoms with Gasteiger partial charge in [0.25, 0.3) is 0 Å². The summed E-state index contributed by atoms with van der Waals surface area (Å²) in [5, 5.41) is 0. The van der Waals surface area contributed by atoms with Crippen LogP contribution in [0.15, 0.2) is 0 Å². The molecule has 3 aliphatic carbocycles. The van der Waals surface area contributed by atoms with Gasteiger partial charge in [0.15, 0.2) is 0 Å². The number of nitrogens with zero attached hydrogens (tertiary/aromatic N) is 2. The average molecular weight is 469 g/mol. The fourth-order valence-corrected chi connectivity index (χ4v) is 13.0. The molecule has 0 aromatic rings. The van der Waals surface area contributed by atoms with E-state index in [1.54, 1.807) is 0 Å². The van der Waals surface area contributed by atoms with E-state index in [1.807, 2.05) is 0 Å². The zero-order valence-electron chi connectivity index (χ0n) is 21.8. The molecule has 1 heterocycles. The van der Waals surface area contributed by atoms with Crippen LogP contribution in [-0.2, 0) is 21.7 Å². The maximum atomic E-state index is 5.57. The second kappa shape index (κ2) is 11.3. The third kappa shape index (κ3) is 5.32. The van der Waals surface area contributed by atoms with Crippen LogP contribution in [0.2, 0.25) is 18.6 Å². The molecule has 4 aliphatic rings. The predicted molar refractivity (Wildman–Crippen MR) is 134 cm³/mol. The minimum Gasteiger partial charge on any atom is -0.660 e. The van der Waals surface area contributed by atoms with E-state index in [0.29, 0.717) is 0 Å². The summed E-state index contributed by atoms with van der Waals surface area (Å²) in [7, 11) is -1.64. The zero-order chi connectivity index (χ0) is 18.7. The Hall–Kier alpha value is 0.851. The molecule has 7 atom stereocenters. The number of likely N-dealkylation sites (tertiary alicyclic amines) is 1. The first-order valence-electron chi connectivity index (χ1n) is 11.7. The molecule has 0 N–H and O–H groups in total. The van der Waals surface area contributed by atoms with Gasteiger partial charge in [-0.2, -0.15) is 0 Å². The molecule has 0 aromatic carbocycles. The topological polar surface area (TPSA) is 17.3 Å². The SMILES string of the molecule is CCN1C2CCCCC2C2C3CCCCC3C([Si](C)(C)[N-]C(C)(C)C)C21.[CH3-].[CH3-].[CH3-].[Ti+4]. The third-order valence-corrected chi connectivity index (χ3v) is 12.1. The Morgan fingerprint density at radius 2 is 1.33 bits per heavy atom. The average Bonchev–Trinajstić information content (AvgIpc) is 3.04. The van der Waals surface area contributed by atoms with Crippen LogP contribution >= 0.6 is 0 Å². The van der Waals surface area contributed by atoms with Crippen LogP contribution in [0.3, 0.4) is 0 Å². The molecule has 0 amide bonds. The predicted octanol–water partition coefficient (Wildman–Crippen LogP) is 7.78. The number of hydrogen-bond donors (Lipinski definition) is 0. The summed E-state index contributed by atoms with van der Waals surface area (Å²) >= 11 is 0. The summed E-state index contributed by atoms with van der Waals surface area (Å²) in [6.07, 6.45) is 12.0. The minimum absolute atomic E-state index is 0. The first-order chi connectivity index (χ1) is 12.2. The van der Waals surface area contributed by atoms with Crippen molar-refractivity contribution in [1.29, 1.82) is 0 Å². The molecule has 1 aliphatic heterocycles. The van der Waals surface area contributed by atoms with Gasteiger partial charge in [-0.1, -0.05) is 81.1 Å². The van der Waals surface area contributed by atoms with Crippen molar-refractivity contribution < 1.29 is 21.7 Å². The van der Waals surface area contributed by atoms with Crippen LogP contribution in [0, 0.1) is 46.0 Å². The van der Waals surface area contributed by atoms with E-state index in [1.165, 1.54) is 57.9 Å². The summed E-state index contributed by atoms with van der Waals surface area (Å²) in [5.41, 5.74) is 1.03. The second-order valence-corrected chi connectivity index (χ2v) is 15.7. The molecule has 0 radical (unpaired) electrons. The van der Waals surface area contributed by atoms with E-state index >= 15 is 0 Å². The van der Waals surface area contributed by atoms with E-state index < -0.39 is 8.24 Å². The summed E-state index contributed by atoms with van der Waals surface area (Å²) in [5.74, 6) is 4.05. The van der Waals surface area contributed by atoms with E-state index in [0.717, 1.165) is 41.3 Å². The van der Waals surface area contributed by atoms with Gasteiger partial charge in [-0.05, 0) is 55.0 Å². The maximum Gasteiger partial charge on any atom is 4.00 e. The van der Waals surface area contributed by atoms with Gasteiger partial charge in [-0.15, -0.1) is 5.54 Å². The maximum absolute atomic E-state index is 5.57. The van der Waals surface area contributed by atoms with Gasteiger partial charge < -0.3 is 27.3 Å². The van der Waals surface area contributed by atoms with Gasteiger partial charge in [0, 0.05) is 12.1 Å². The van der Waals surface area contributed by atoms with Gasteiger partial charge in [0.2, 0.25) is 0 Å². The summed E-state index contributed by atoms with van der Waals surface area (Å²) in [6.45, 7) is 16.0. The van der Waals surface area contributed by atoms with Crippen LogP contribution in [0.1, 0.15) is 79.1 Å². The normalized spacial score (nSPS) is 38.0. The fourth-order valence-electron chi connectivity index (χ4n) is 8.40. The standard InChI is InChI=1S/C23H43N2Si.3CH3.Ti/c1-7-25-19-15-11-10-14-18(19)20-16-12-8-9-13-17(16)22(21(20)25)26(5,6)24-23(2,3)4;;;;/h16-22H,7-15H2,1-6H3;3*1H3;/q4*-1;+4. The molecule has 4 rings (SSSR count). The van der Waals surface area contributed by atoms with Crippen LogP contribution in [0.4, 0.5) is 0 Å². The molecular weight excluding hydrogens is 416 g/mol. The molecule has 3 saturated carbocycles. The molecule has 7 unspecified atom stereocenters. The molecule has 0 bridgehead atoms. The molecule has 4 fully saturated rings. The van der Waals surface area contributed by atoms with E-state index in [2.05, 4.69) is 45.7 Å². The summed E-state index contributed by atoms with van der Waals surface area (Å²) in [6, 6.07) is 1.78. The van der Waals surface area contributed by atoms with Gasteiger partial charge in [0.05, 0.1) is 0 Å². The first kappa shape index (κ1) is 30.9. The Morgan fingerprint density at radius 1 is 0.833 bits per heavy atom. The zero-order valence-corrected chi connectivity index (χ0v) is 24.4. The van der Waals surface area contributed by atoms with Crippen molar-refractivity contribution in [3.8, 4) is 0 Å². The first-order valence-corrected chi connectivity index (χ1v) is 14.8. The van der Waals surface area contributed by atoms with Crippen molar-refractivity contribution in [3.05, 3.63) is 27.3 Å². The van der Waals surface area contributed by atoms with Gasteiger partial charge in [-0.25, -0.2) is 0 Å². The molecule has 2 nitrogen and oxygen atoms in total.